The van der Waals surface area contributed by atoms with Crippen LogP contribution in [0.25, 0.3) is 0 Å². The van der Waals surface area contributed by atoms with Gasteiger partial charge in [0.2, 0.25) is 0 Å². The number of carbonyl (C=O) groups is 1. The normalized spacial score (nSPS) is 11.8. The van der Waals surface area contributed by atoms with Gasteiger partial charge in [-0.1, -0.05) is 13.2 Å². The van der Waals surface area contributed by atoms with E-state index in [0.29, 0.717) is 0 Å². The average molecular weight is 268 g/mol. The summed E-state index contributed by atoms with van der Waals surface area (Å²) in [7, 11) is 0. The zero-order valence-corrected chi connectivity index (χ0v) is 9.87. The zero-order chi connectivity index (χ0) is 14.5. The minimum Gasteiger partial charge on any atom is -0.307 e. The summed E-state index contributed by atoms with van der Waals surface area (Å²) in [5, 5.41) is 2.38. The minimum absolute atomic E-state index is 0.0895. The third-order valence-electron chi connectivity index (χ3n) is 2.14. The van der Waals surface area contributed by atoms with Crippen molar-refractivity contribution < 1.29 is 18.0 Å². The predicted molar refractivity (Wildman–Crippen MR) is 66.7 cm³/mol. The van der Waals surface area contributed by atoms with Crippen LogP contribution in [0.1, 0.15) is 15.9 Å². The van der Waals surface area contributed by atoms with Crippen LogP contribution in [0.3, 0.4) is 0 Å². The van der Waals surface area contributed by atoms with Crippen molar-refractivity contribution >= 4 is 11.7 Å². The molecule has 1 rings (SSSR count). The van der Waals surface area contributed by atoms with Gasteiger partial charge in [-0.3, -0.25) is 4.79 Å². The second kappa shape index (κ2) is 5.99. The van der Waals surface area contributed by atoms with E-state index in [1.807, 2.05) is 0 Å². The van der Waals surface area contributed by atoms with Gasteiger partial charge in [0.05, 0.1) is 5.56 Å². The predicted octanol–water partition coefficient (Wildman–Crippen LogP) is 3.16. The van der Waals surface area contributed by atoms with Crippen molar-refractivity contribution in [3.63, 3.8) is 0 Å². The van der Waals surface area contributed by atoms with Crippen LogP contribution in [0.5, 0.6) is 0 Å². The number of benzene rings is 1. The molecule has 0 aliphatic rings. The van der Waals surface area contributed by atoms with Crippen molar-refractivity contribution in [1.82, 2.24) is 5.32 Å². The molecule has 1 N–H and O–H groups in total. The van der Waals surface area contributed by atoms with Crippen molar-refractivity contribution in [2.75, 3.05) is 0 Å². The number of halogens is 3. The van der Waals surface area contributed by atoms with Crippen LogP contribution in [0.15, 0.2) is 54.7 Å². The number of alkyl halides is 3. The van der Waals surface area contributed by atoms with Crippen LogP contribution in [0.2, 0.25) is 0 Å². The number of aliphatic imine (C=N–C) groups is 1. The Kier molecular flexibility index (Phi) is 4.63. The summed E-state index contributed by atoms with van der Waals surface area (Å²) in [5.41, 5.74) is -0.723. The molecular formula is C13H11F3N2O. The lowest BCUT2D eigenvalue weighted by Crippen LogP contribution is -2.28. The second-order valence-corrected chi connectivity index (χ2v) is 3.43. The number of hydrogen-bond donors (Lipinski definition) is 1. The standard InChI is InChI=1S/C13H11F3N2O/c1-3-11(17-4-2)18-12(19)9-5-7-10(8-6-9)13(14,15)16/h3-8H,1-2H2,(H,17,18,19). The Morgan fingerprint density at radius 3 is 2.21 bits per heavy atom. The van der Waals surface area contributed by atoms with Gasteiger partial charge in [0.15, 0.2) is 0 Å². The number of amidine groups is 1. The summed E-state index contributed by atoms with van der Waals surface area (Å²) in [5.74, 6) is -0.408. The van der Waals surface area contributed by atoms with Crippen LogP contribution < -0.4 is 5.32 Å². The summed E-state index contributed by atoms with van der Waals surface area (Å²) in [6.07, 6.45) is -1.92. The third kappa shape index (κ3) is 4.09. The quantitative estimate of drug-likeness (QED) is 0.664. The lowest BCUT2D eigenvalue weighted by molar-refractivity contribution is -0.137. The maximum absolute atomic E-state index is 12.3. The molecular weight excluding hydrogens is 257 g/mol. The average Bonchev–Trinajstić information content (AvgIpc) is 2.37. The molecule has 6 heteroatoms. The monoisotopic (exact) mass is 268 g/mol. The Morgan fingerprint density at radius 1 is 1.21 bits per heavy atom. The molecule has 0 radical (unpaired) electrons. The van der Waals surface area contributed by atoms with Crippen molar-refractivity contribution in [2.24, 2.45) is 4.99 Å². The van der Waals surface area contributed by atoms with Crippen molar-refractivity contribution in [1.29, 1.82) is 0 Å². The van der Waals surface area contributed by atoms with Gasteiger partial charge in [0, 0.05) is 11.8 Å². The van der Waals surface area contributed by atoms with Gasteiger partial charge in [-0.25, -0.2) is 4.99 Å². The Balaban J connectivity index is 2.87. The molecule has 1 aromatic rings. The summed E-state index contributed by atoms with van der Waals surface area (Å²) in [6, 6.07) is 3.86. The van der Waals surface area contributed by atoms with E-state index >= 15 is 0 Å². The van der Waals surface area contributed by atoms with Gasteiger partial charge in [0.25, 0.3) is 5.91 Å². The lowest BCUT2D eigenvalue weighted by Gasteiger charge is -2.08. The summed E-state index contributed by atoms with van der Waals surface area (Å²) in [4.78, 5) is 15.4. The van der Waals surface area contributed by atoms with Crippen molar-refractivity contribution in [2.45, 2.75) is 6.18 Å². The highest BCUT2D eigenvalue weighted by atomic mass is 19.4. The largest absolute Gasteiger partial charge is 0.416 e. The Labute approximate surface area is 108 Å². The first-order valence-electron chi connectivity index (χ1n) is 5.18. The number of nitrogens with one attached hydrogen (secondary N) is 1. The van der Waals surface area contributed by atoms with Crippen molar-refractivity contribution in [3.8, 4) is 0 Å². The first-order valence-corrected chi connectivity index (χ1v) is 5.18. The molecule has 0 unspecified atom stereocenters. The SMILES string of the molecule is C=CN=C(C=C)NC(=O)c1ccc(C(F)(F)F)cc1. The Bertz CT molecular complexity index is 516. The van der Waals surface area contributed by atoms with Crippen LogP contribution in [0.4, 0.5) is 13.2 Å². The Morgan fingerprint density at radius 2 is 1.79 bits per heavy atom. The molecule has 1 amide bonds. The van der Waals surface area contributed by atoms with Gasteiger partial charge >= 0.3 is 6.18 Å². The first-order chi connectivity index (χ1) is 8.88. The number of amides is 1. The molecule has 0 aliphatic heterocycles. The topological polar surface area (TPSA) is 41.5 Å². The Hall–Kier alpha value is -2.37. The summed E-state index contributed by atoms with van der Waals surface area (Å²) in [6.45, 7) is 6.79. The minimum atomic E-state index is -4.43. The summed E-state index contributed by atoms with van der Waals surface area (Å²) < 4.78 is 37.0. The van der Waals surface area contributed by atoms with E-state index in [2.05, 4.69) is 23.5 Å². The highest BCUT2D eigenvalue weighted by Crippen LogP contribution is 2.28. The fourth-order valence-corrected chi connectivity index (χ4v) is 1.23. The second-order valence-electron chi connectivity index (χ2n) is 3.43. The summed E-state index contributed by atoms with van der Waals surface area (Å²) >= 11 is 0. The van der Waals surface area contributed by atoms with Crippen LogP contribution in [-0.2, 0) is 6.18 Å². The molecule has 0 heterocycles. The van der Waals surface area contributed by atoms with E-state index in [1.54, 1.807) is 0 Å². The molecule has 100 valence electrons. The maximum atomic E-state index is 12.3. The highest BCUT2D eigenvalue weighted by molar-refractivity contribution is 6.10. The molecule has 0 bridgehead atoms. The molecule has 0 aliphatic carbocycles. The third-order valence-corrected chi connectivity index (χ3v) is 2.14. The van der Waals surface area contributed by atoms with Gasteiger partial charge in [-0.2, -0.15) is 13.2 Å². The van der Waals surface area contributed by atoms with E-state index in [-0.39, 0.29) is 11.4 Å². The van der Waals surface area contributed by atoms with Gasteiger partial charge in [0.1, 0.15) is 5.84 Å². The van der Waals surface area contributed by atoms with Crippen LogP contribution in [0, 0.1) is 0 Å². The van der Waals surface area contributed by atoms with E-state index in [9.17, 15) is 18.0 Å². The highest BCUT2D eigenvalue weighted by Gasteiger charge is 2.30. The van der Waals surface area contributed by atoms with Gasteiger partial charge in [-0.05, 0) is 30.3 Å². The van der Waals surface area contributed by atoms with Crippen molar-refractivity contribution in [3.05, 3.63) is 60.8 Å². The van der Waals surface area contributed by atoms with E-state index in [0.717, 1.165) is 24.3 Å². The molecule has 0 saturated carbocycles. The first kappa shape index (κ1) is 14.7. The van der Waals surface area contributed by atoms with Gasteiger partial charge in [-0.15, -0.1) is 0 Å². The molecule has 0 atom stereocenters. The smallest absolute Gasteiger partial charge is 0.307 e. The number of nitrogens with zero attached hydrogens (tertiary/aromatic N) is 1. The number of carbonyl (C=O) groups excluding carboxylic acids is 1. The van der Waals surface area contributed by atoms with Crippen LogP contribution in [-0.4, -0.2) is 11.7 Å². The molecule has 0 aromatic heterocycles. The zero-order valence-electron chi connectivity index (χ0n) is 9.87. The number of hydrogen-bond acceptors (Lipinski definition) is 2. The molecule has 0 spiro atoms. The lowest BCUT2D eigenvalue weighted by atomic mass is 10.1. The molecule has 3 nitrogen and oxygen atoms in total. The molecule has 0 saturated heterocycles. The number of rotatable bonds is 3. The van der Waals surface area contributed by atoms with Gasteiger partial charge < -0.3 is 5.32 Å². The van der Waals surface area contributed by atoms with E-state index in [4.69, 9.17) is 0 Å². The van der Waals surface area contributed by atoms with E-state index < -0.39 is 17.6 Å². The maximum Gasteiger partial charge on any atom is 0.416 e. The molecule has 19 heavy (non-hydrogen) atoms. The fraction of sp³-hybridized carbons (Fsp3) is 0.0769. The molecule has 0 fully saturated rings. The fourth-order valence-electron chi connectivity index (χ4n) is 1.23. The molecule has 1 aromatic carbocycles. The van der Waals surface area contributed by atoms with E-state index in [1.165, 1.54) is 12.3 Å². The van der Waals surface area contributed by atoms with Crippen LogP contribution >= 0.6 is 0 Å².